The van der Waals surface area contributed by atoms with Gasteiger partial charge in [-0.15, -0.1) is 11.6 Å². The SMILES string of the molecule is CCOCC=CC1(Cl)C=CC=CC1. The molecule has 0 saturated carbocycles. The van der Waals surface area contributed by atoms with Crippen LogP contribution in [0.15, 0.2) is 36.5 Å². The van der Waals surface area contributed by atoms with Crippen molar-refractivity contribution in [2.24, 2.45) is 0 Å². The van der Waals surface area contributed by atoms with Crippen molar-refractivity contribution in [3.8, 4) is 0 Å². The van der Waals surface area contributed by atoms with Crippen LogP contribution in [0.1, 0.15) is 13.3 Å². The number of hydrogen-bond acceptors (Lipinski definition) is 1. The van der Waals surface area contributed by atoms with E-state index in [4.69, 9.17) is 16.3 Å². The molecule has 1 atom stereocenters. The third kappa shape index (κ3) is 3.79. The van der Waals surface area contributed by atoms with Gasteiger partial charge in [0.2, 0.25) is 0 Å². The molecule has 0 aliphatic heterocycles. The van der Waals surface area contributed by atoms with Crippen molar-refractivity contribution in [3.63, 3.8) is 0 Å². The third-order valence-electron chi connectivity index (χ3n) is 1.86. The molecule has 0 bridgehead atoms. The number of ether oxygens (including phenoxy) is 1. The van der Waals surface area contributed by atoms with E-state index in [1.54, 1.807) is 0 Å². The minimum atomic E-state index is -0.328. The summed E-state index contributed by atoms with van der Waals surface area (Å²) in [5, 5.41) is 0. The van der Waals surface area contributed by atoms with Gasteiger partial charge in [-0.05, 0) is 13.3 Å². The Hall–Kier alpha value is -0.530. The van der Waals surface area contributed by atoms with Gasteiger partial charge in [0.25, 0.3) is 0 Å². The van der Waals surface area contributed by atoms with E-state index in [-0.39, 0.29) is 4.87 Å². The van der Waals surface area contributed by atoms with Gasteiger partial charge in [0.05, 0.1) is 11.5 Å². The fraction of sp³-hybridized carbons (Fsp3) is 0.455. The number of halogens is 1. The van der Waals surface area contributed by atoms with Crippen molar-refractivity contribution in [2.45, 2.75) is 18.2 Å². The molecule has 2 heteroatoms. The van der Waals surface area contributed by atoms with Crippen LogP contribution in [0.25, 0.3) is 0 Å². The second kappa shape index (κ2) is 5.25. The van der Waals surface area contributed by atoms with Crippen LogP contribution in [0.3, 0.4) is 0 Å². The summed E-state index contributed by atoms with van der Waals surface area (Å²) in [7, 11) is 0. The molecular weight excluding hydrogens is 184 g/mol. The Bertz CT molecular complexity index is 230. The van der Waals surface area contributed by atoms with E-state index in [2.05, 4.69) is 6.08 Å². The van der Waals surface area contributed by atoms with Gasteiger partial charge in [0, 0.05) is 6.61 Å². The van der Waals surface area contributed by atoms with Crippen molar-refractivity contribution in [1.29, 1.82) is 0 Å². The summed E-state index contributed by atoms with van der Waals surface area (Å²) < 4.78 is 5.18. The number of allylic oxidation sites excluding steroid dienone is 5. The van der Waals surface area contributed by atoms with Gasteiger partial charge in [-0.1, -0.05) is 36.5 Å². The average molecular weight is 199 g/mol. The van der Waals surface area contributed by atoms with E-state index in [1.165, 1.54) is 0 Å². The van der Waals surface area contributed by atoms with E-state index >= 15 is 0 Å². The highest BCUT2D eigenvalue weighted by atomic mass is 35.5. The summed E-state index contributed by atoms with van der Waals surface area (Å²) in [6.45, 7) is 3.37. The Balaban J connectivity index is 2.38. The van der Waals surface area contributed by atoms with Crippen LogP contribution in [-0.4, -0.2) is 18.1 Å². The van der Waals surface area contributed by atoms with E-state index < -0.39 is 0 Å². The summed E-state index contributed by atoms with van der Waals surface area (Å²) in [4.78, 5) is -0.328. The Kier molecular flexibility index (Phi) is 4.26. The minimum Gasteiger partial charge on any atom is -0.378 e. The molecule has 0 spiro atoms. The maximum Gasteiger partial charge on any atom is 0.0844 e. The molecule has 0 amide bonds. The molecule has 0 radical (unpaired) electrons. The maximum atomic E-state index is 6.27. The van der Waals surface area contributed by atoms with Crippen LogP contribution in [-0.2, 0) is 4.74 Å². The Morgan fingerprint density at radius 2 is 2.38 bits per heavy atom. The van der Waals surface area contributed by atoms with Crippen molar-refractivity contribution >= 4 is 11.6 Å². The average Bonchev–Trinajstić information content (AvgIpc) is 2.14. The molecule has 0 aromatic heterocycles. The number of hydrogen-bond donors (Lipinski definition) is 0. The Labute approximate surface area is 84.7 Å². The second-order valence-corrected chi connectivity index (χ2v) is 3.68. The first-order chi connectivity index (χ1) is 6.27. The van der Waals surface area contributed by atoms with Crippen LogP contribution in [0, 0.1) is 0 Å². The van der Waals surface area contributed by atoms with Gasteiger partial charge in [-0.2, -0.15) is 0 Å². The summed E-state index contributed by atoms with van der Waals surface area (Å²) in [6, 6.07) is 0. The summed E-state index contributed by atoms with van der Waals surface area (Å²) in [5.74, 6) is 0. The lowest BCUT2D eigenvalue weighted by atomic mass is 9.99. The molecule has 1 unspecified atom stereocenters. The van der Waals surface area contributed by atoms with Gasteiger partial charge >= 0.3 is 0 Å². The lowest BCUT2D eigenvalue weighted by molar-refractivity contribution is 0.177. The molecule has 0 heterocycles. The summed E-state index contributed by atoms with van der Waals surface area (Å²) in [6.07, 6.45) is 12.9. The zero-order valence-electron chi connectivity index (χ0n) is 7.87. The normalized spacial score (nSPS) is 27.2. The van der Waals surface area contributed by atoms with E-state index in [1.807, 2.05) is 37.3 Å². The molecule has 1 nitrogen and oxygen atoms in total. The van der Waals surface area contributed by atoms with Gasteiger partial charge in [0.15, 0.2) is 0 Å². The predicted molar refractivity (Wildman–Crippen MR) is 57.1 cm³/mol. The molecular formula is C11H15ClO. The smallest absolute Gasteiger partial charge is 0.0844 e. The lowest BCUT2D eigenvalue weighted by Gasteiger charge is -2.18. The van der Waals surface area contributed by atoms with Crippen LogP contribution in [0.4, 0.5) is 0 Å². The van der Waals surface area contributed by atoms with Gasteiger partial charge < -0.3 is 4.74 Å². The standard InChI is InChI=1S/C11H15ClO/c1-2-13-10-6-9-11(12)7-4-3-5-8-11/h3-7,9H,2,8,10H2,1H3. The third-order valence-corrected chi connectivity index (χ3v) is 2.27. The first-order valence-corrected chi connectivity index (χ1v) is 4.93. The monoisotopic (exact) mass is 198 g/mol. The highest BCUT2D eigenvalue weighted by Gasteiger charge is 2.19. The molecule has 1 aliphatic carbocycles. The van der Waals surface area contributed by atoms with Crippen LogP contribution < -0.4 is 0 Å². The minimum absolute atomic E-state index is 0.328. The molecule has 1 aliphatic rings. The Morgan fingerprint density at radius 1 is 1.54 bits per heavy atom. The first-order valence-electron chi connectivity index (χ1n) is 4.55. The van der Waals surface area contributed by atoms with Crippen molar-refractivity contribution in [2.75, 3.05) is 13.2 Å². The van der Waals surface area contributed by atoms with Gasteiger partial charge in [-0.3, -0.25) is 0 Å². The predicted octanol–water partition coefficient (Wildman–Crippen LogP) is 3.07. The summed E-state index contributed by atoms with van der Waals surface area (Å²) in [5.41, 5.74) is 0. The molecule has 0 fully saturated rings. The molecule has 0 saturated heterocycles. The van der Waals surface area contributed by atoms with Crippen LogP contribution >= 0.6 is 11.6 Å². The van der Waals surface area contributed by atoms with Crippen LogP contribution in [0.5, 0.6) is 0 Å². The van der Waals surface area contributed by atoms with E-state index in [0.717, 1.165) is 13.0 Å². The largest absolute Gasteiger partial charge is 0.378 e. The van der Waals surface area contributed by atoms with Gasteiger partial charge in [-0.25, -0.2) is 0 Å². The molecule has 0 aromatic carbocycles. The molecule has 0 aromatic rings. The lowest BCUT2D eigenvalue weighted by Crippen LogP contribution is -2.15. The van der Waals surface area contributed by atoms with Crippen molar-refractivity contribution < 1.29 is 4.74 Å². The first kappa shape index (κ1) is 10.6. The fourth-order valence-corrected chi connectivity index (χ4v) is 1.42. The highest BCUT2D eigenvalue weighted by molar-refractivity contribution is 6.26. The zero-order valence-corrected chi connectivity index (χ0v) is 8.63. The summed E-state index contributed by atoms with van der Waals surface area (Å²) >= 11 is 6.27. The van der Waals surface area contributed by atoms with Crippen LogP contribution in [0.2, 0.25) is 0 Å². The Morgan fingerprint density at radius 3 is 3.00 bits per heavy atom. The number of alkyl halides is 1. The zero-order chi connectivity index (χ0) is 9.57. The van der Waals surface area contributed by atoms with E-state index in [0.29, 0.717) is 6.61 Å². The molecule has 0 N–H and O–H groups in total. The van der Waals surface area contributed by atoms with Crippen molar-refractivity contribution in [1.82, 2.24) is 0 Å². The van der Waals surface area contributed by atoms with E-state index in [9.17, 15) is 0 Å². The molecule has 13 heavy (non-hydrogen) atoms. The second-order valence-electron chi connectivity index (χ2n) is 2.98. The van der Waals surface area contributed by atoms with Crippen molar-refractivity contribution in [3.05, 3.63) is 36.5 Å². The van der Waals surface area contributed by atoms with Gasteiger partial charge in [0.1, 0.15) is 0 Å². The maximum absolute atomic E-state index is 6.27. The molecule has 1 rings (SSSR count). The number of rotatable bonds is 4. The molecule has 72 valence electrons. The topological polar surface area (TPSA) is 9.23 Å². The highest BCUT2D eigenvalue weighted by Crippen LogP contribution is 2.26. The quantitative estimate of drug-likeness (QED) is 0.383. The fourth-order valence-electron chi connectivity index (χ4n) is 1.16.